The fourth-order valence-corrected chi connectivity index (χ4v) is 3.82. The summed E-state index contributed by atoms with van der Waals surface area (Å²) in [5.74, 6) is 3.40. The van der Waals surface area contributed by atoms with E-state index in [2.05, 4.69) is 20.2 Å². The summed E-state index contributed by atoms with van der Waals surface area (Å²) in [5, 5.41) is 11.2. The molecule has 1 fully saturated rings. The van der Waals surface area contributed by atoms with Gasteiger partial charge in [-0.1, -0.05) is 30.3 Å². The van der Waals surface area contributed by atoms with Gasteiger partial charge in [-0.3, -0.25) is 0 Å². The highest BCUT2D eigenvalue weighted by Gasteiger charge is 2.24. The molecule has 0 amide bonds. The minimum Gasteiger partial charge on any atom is -0.486 e. The van der Waals surface area contributed by atoms with Gasteiger partial charge in [0.1, 0.15) is 12.4 Å². The Kier molecular flexibility index (Phi) is 4.96. The number of rotatable bonds is 4. The van der Waals surface area contributed by atoms with Crippen molar-refractivity contribution in [1.29, 1.82) is 5.41 Å². The Morgan fingerprint density at radius 2 is 1.87 bits per heavy atom. The van der Waals surface area contributed by atoms with Crippen molar-refractivity contribution >= 4 is 23.3 Å². The van der Waals surface area contributed by atoms with E-state index in [0.29, 0.717) is 42.5 Å². The normalized spacial score (nSPS) is 18.5. The van der Waals surface area contributed by atoms with Crippen LogP contribution in [0.1, 0.15) is 25.7 Å². The third-order valence-corrected chi connectivity index (χ3v) is 5.44. The molecule has 1 aliphatic heterocycles. The highest BCUT2D eigenvalue weighted by Crippen LogP contribution is 2.35. The van der Waals surface area contributed by atoms with E-state index in [9.17, 15) is 0 Å². The van der Waals surface area contributed by atoms with Crippen LogP contribution >= 0.6 is 0 Å². The lowest BCUT2D eigenvalue weighted by Gasteiger charge is -2.29. The van der Waals surface area contributed by atoms with E-state index in [1.165, 1.54) is 0 Å². The molecule has 0 radical (unpaired) electrons. The van der Waals surface area contributed by atoms with Gasteiger partial charge in [0.25, 0.3) is 0 Å². The summed E-state index contributed by atoms with van der Waals surface area (Å²) in [4.78, 5) is 20.4. The van der Waals surface area contributed by atoms with E-state index in [-0.39, 0.29) is 0 Å². The second-order valence-corrected chi connectivity index (χ2v) is 7.51. The van der Waals surface area contributed by atoms with Crippen LogP contribution < -0.4 is 15.0 Å². The molecule has 2 aliphatic rings. The van der Waals surface area contributed by atoms with Crippen LogP contribution in [0.2, 0.25) is 0 Å². The van der Waals surface area contributed by atoms with Gasteiger partial charge in [0.05, 0.1) is 12.7 Å². The average molecular weight is 401 g/mol. The number of nitrogens with zero attached hydrogens (tertiary/aromatic N) is 5. The SMILES string of the molecule is N=C1CCC(Nc2nccc(N3CCOc4cnc(-c5ccccc5)nc43)n2)CC1. The zero-order valence-corrected chi connectivity index (χ0v) is 16.6. The van der Waals surface area contributed by atoms with Gasteiger partial charge in [0.2, 0.25) is 5.95 Å². The third-order valence-electron chi connectivity index (χ3n) is 5.44. The van der Waals surface area contributed by atoms with Gasteiger partial charge < -0.3 is 20.4 Å². The monoisotopic (exact) mass is 401 g/mol. The number of fused-ring (bicyclic) bond motifs is 1. The van der Waals surface area contributed by atoms with Crippen molar-refractivity contribution in [2.45, 2.75) is 31.7 Å². The Labute approximate surface area is 174 Å². The van der Waals surface area contributed by atoms with Crippen molar-refractivity contribution in [3.63, 3.8) is 0 Å². The molecule has 1 aliphatic carbocycles. The first-order valence-electron chi connectivity index (χ1n) is 10.2. The maximum Gasteiger partial charge on any atom is 0.224 e. The van der Waals surface area contributed by atoms with Crippen LogP contribution in [0.15, 0.2) is 48.8 Å². The quantitative estimate of drug-likeness (QED) is 0.685. The molecule has 152 valence electrons. The fourth-order valence-electron chi connectivity index (χ4n) is 3.82. The second kappa shape index (κ2) is 8.06. The number of hydrogen-bond donors (Lipinski definition) is 2. The van der Waals surface area contributed by atoms with Crippen molar-refractivity contribution < 1.29 is 4.74 Å². The van der Waals surface area contributed by atoms with Crippen LogP contribution in [0, 0.1) is 5.41 Å². The fraction of sp³-hybridized carbons (Fsp3) is 0.318. The highest BCUT2D eigenvalue weighted by atomic mass is 16.5. The van der Waals surface area contributed by atoms with Crippen molar-refractivity contribution in [3.05, 3.63) is 48.8 Å². The Hall–Kier alpha value is -3.55. The lowest BCUT2D eigenvalue weighted by atomic mass is 9.94. The summed E-state index contributed by atoms with van der Waals surface area (Å²) in [5.41, 5.74) is 1.79. The zero-order chi connectivity index (χ0) is 20.3. The van der Waals surface area contributed by atoms with E-state index < -0.39 is 0 Å². The summed E-state index contributed by atoms with van der Waals surface area (Å²) in [6.45, 7) is 1.19. The molecule has 1 aromatic carbocycles. The van der Waals surface area contributed by atoms with Crippen molar-refractivity contribution in [2.24, 2.45) is 0 Å². The molecular formula is C22H23N7O. The van der Waals surface area contributed by atoms with Gasteiger partial charge >= 0.3 is 0 Å². The van der Waals surface area contributed by atoms with Crippen molar-refractivity contribution in [1.82, 2.24) is 19.9 Å². The molecule has 0 spiro atoms. The number of hydrogen-bond acceptors (Lipinski definition) is 8. The lowest BCUT2D eigenvalue weighted by Crippen LogP contribution is -2.31. The number of nitrogens with one attached hydrogen (secondary N) is 2. The van der Waals surface area contributed by atoms with Crippen LogP contribution in [-0.2, 0) is 0 Å². The number of aromatic nitrogens is 4. The number of benzene rings is 1. The van der Waals surface area contributed by atoms with Gasteiger partial charge in [-0.05, 0) is 31.7 Å². The summed E-state index contributed by atoms with van der Waals surface area (Å²) in [6.07, 6.45) is 7.07. The predicted molar refractivity (Wildman–Crippen MR) is 116 cm³/mol. The summed E-state index contributed by atoms with van der Waals surface area (Å²) < 4.78 is 5.78. The van der Waals surface area contributed by atoms with E-state index in [1.807, 2.05) is 36.4 Å². The van der Waals surface area contributed by atoms with Crippen LogP contribution in [0.5, 0.6) is 5.75 Å². The van der Waals surface area contributed by atoms with E-state index in [0.717, 1.165) is 42.8 Å². The minimum absolute atomic E-state index is 0.304. The molecule has 1 saturated carbocycles. The van der Waals surface area contributed by atoms with Gasteiger partial charge in [0.15, 0.2) is 17.4 Å². The summed E-state index contributed by atoms with van der Waals surface area (Å²) >= 11 is 0. The highest BCUT2D eigenvalue weighted by molar-refractivity contribution is 5.82. The van der Waals surface area contributed by atoms with E-state index in [1.54, 1.807) is 12.4 Å². The molecule has 2 aromatic heterocycles. The van der Waals surface area contributed by atoms with E-state index in [4.69, 9.17) is 20.1 Å². The largest absolute Gasteiger partial charge is 0.486 e. The summed E-state index contributed by atoms with van der Waals surface area (Å²) in [7, 11) is 0. The van der Waals surface area contributed by atoms with Crippen LogP contribution in [0.4, 0.5) is 17.6 Å². The van der Waals surface area contributed by atoms with Gasteiger partial charge in [0, 0.05) is 23.5 Å². The molecule has 3 heterocycles. The maximum atomic E-state index is 7.79. The first-order chi connectivity index (χ1) is 14.8. The molecule has 0 unspecified atom stereocenters. The third kappa shape index (κ3) is 3.80. The minimum atomic E-state index is 0.304. The summed E-state index contributed by atoms with van der Waals surface area (Å²) in [6, 6.07) is 12.1. The van der Waals surface area contributed by atoms with Crippen LogP contribution in [0.25, 0.3) is 11.4 Å². The molecule has 0 saturated heterocycles. The Bertz CT molecular complexity index is 1050. The van der Waals surface area contributed by atoms with E-state index >= 15 is 0 Å². The molecule has 2 N–H and O–H groups in total. The number of ether oxygens (including phenoxy) is 1. The second-order valence-electron chi connectivity index (χ2n) is 7.51. The number of anilines is 3. The van der Waals surface area contributed by atoms with Crippen molar-refractivity contribution in [3.8, 4) is 17.1 Å². The molecule has 30 heavy (non-hydrogen) atoms. The molecule has 5 rings (SSSR count). The molecule has 0 atom stereocenters. The predicted octanol–water partition coefficient (Wildman–Crippen LogP) is 3.84. The lowest BCUT2D eigenvalue weighted by molar-refractivity contribution is 0.310. The molecule has 8 nitrogen and oxygen atoms in total. The zero-order valence-electron chi connectivity index (χ0n) is 16.6. The smallest absolute Gasteiger partial charge is 0.224 e. The average Bonchev–Trinajstić information content (AvgIpc) is 2.81. The first-order valence-corrected chi connectivity index (χ1v) is 10.2. The Morgan fingerprint density at radius 1 is 1.03 bits per heavy atom. The standard InChI is InChI=1S/C22H23N7O/c23-16-6-8-17(9-7-16)26-22-24-11-10-19(27-22)29-12-13-30-18-14-25-20(28-21(18)29)15-4-2-1-3-5-15/h1-5,10-11,14,17,23H,6-9,12-13H2,(H,24,26,27). The van der Waals surface area contributed by atoms with Gasteiger partial charge in [-0.25, -0.2) is 15.0 Å². The van der Waals surface area contributed by atoms with Gasteiger partial charge in [-0.15, -0.1) is 0 Å². The van der Waals surface area contributed by atoms with Crippen LogP contribution in [0.3, 0.4) is 0 Å². The topological polar surface area (TPSA) is 99.9 Å². The van der Waals surface area contributed by atoms with Crippen molar-refractivity contribution in [2.75, 3.05) is 23.4 Å². The molecule has 8 heteroatoms. The molecular weight excluding hydrogens is 378 g/mol. The molecule has 3 aromatic rings. The maximum absolute atomic E-state index is 7.79. The Balaban J connectivity index is 1.42. The first kappa shape index (κ1) is 18.5. The van der Waals surface area contributed by atoms with Crippen LogP contribution in [-0.4, -0.2) is 44.8 Å². The molecule has 0 bridgehead atoms. The Morgan fingerprint density at radius 3 is 2.70 bits per heavy atom. The van der Waals surface area contributed by atoms with Gasteiger partial charge in [-0.2, -0.15) is 4.98 Å².